The van der Waals surface area contributed by atoms with Crippen LogP contribution in [0.1, 0.15) is 15.9 Å². The summed E-state index contributed by atoms with van der Waals surface area (Å²) in [5.41, 5.74) is -3.10. The van der Waals surface area contributed by atoms with Crippen LogP contribution in [0.2, 0.25) is 5.02 Å². The van der Waals surface area contributed by atoms with Gasteiger partial charge in [0.25, 0.3) is 11.7 Å². The quantitative estimate of drug-likeness (QED) is 0.595. The first-order valence-electron chi connectivity index (χ1n) is 7.59. The Hall–Kier alpha value is -2.81. The third-order valence-electron chi connectivity index (χ3n) is 3.70. The molecule has 0 aliphatic heterocycles. The molecule has 27 heavy (non-hydrogen) atoms. The number of carbonyl (C=O) groups excluding carboxylic acids is 2. The fourth-order valence-electron chi connectivity index (χ4n) is 2.29. The molecule has 10 heteroatoms. The first kappa shape index (κ1) is 20.5. The molecule has 6 nitrogen and oxygen atoms in total. The number of hydrogen-bond donors (Lipinski definition) is 2. The Bertz CT molecular complexity index is 843. The summed E-state index contributed by atoms with van der Waals surface area (Å²) in [6, 6.07) is 8.52. The van der Waals surface area contributed by atoms with Gasteiger partial charge in [-0.3, -0.25) is 10.1 Å². The lowest BCUT2D eigenvalue weighted by Crippen LogP contribution is -2.69. The zero-order chi connectivity index (χ0) is 20.2. The highest BCUT2D eigenvalue weighted by atomic mass is 35.5. The van der Waals surface area contributed by atoms with Crippen molar-refractivity contribution in [2.24, 2.45) is 0 Å². The summed E-state index contributed by atoms with van der Waals surface area (Å²) in [6.45, 7) is 1.56. The number of aromatic amines is 1. The largest absolute Gasteiger partial charge is 0.464 e. The first-order valence-corrected chi connectivity index (χ1v) is 7.97. The van der Waals surface area contributed by atoms with Crippen LogP contribution >= 0.6 is 11.6 Å². The molecule has 1 heterocycles. The van der Waals surface area contributed by atoms with Crippen molar-refractivity contribution in [2.75, 3.05) is 12.4 Å². The molecule has 1 aromatic carbocycles. The van der Waals surface area contributed by atoms with E-state index in [1.165, 1.54) is 30.5 Å². The molecule has 0 spiro atoms. The third-order valence-corrected chi connectivity index (χ3v) is 3.94. The summed E-state index contributed by atoms with van der Waals surface area (Å²) in [4.78, 5) is 27.1. The number of alkyl halides is 3. The van der Waals surface area contributed by atoms with Crippen LogP contribution in [0, 0.1) is 6.92 Å². The van der Waals surface area contributed by atoms with Crippen molar-refractivity contribution in [3.8, 4) is 0 Å². The minimum atomic E-state index is -5.23. The predicted molar refractivity (Wildman–Crippen MR) is 91.1 cm³/mol. The maximum atomic E-state index is 13.9. The number of H-pyrrole nitrogens is 1. The van der Waals surface area contributed by atoms with Crippen molar-refractivity contribution in [2.45, 2.75) is 18.8 Å². The van der Waals surface area contributed by atoms with Crippen LogP contribution in [0.25, 0.3) is 0 Å². The van der Waals surface area contributed by atoms with Gasteiger partial charge in [0.05, 0.1) is 12.1 Å². The Labute approximate surface area is 157 Å². The van der Waals surface area contributed by atoms with E-state index in [-0.39, 0.29) is 16.4 Å². The smallest absolute Gasteiger partial charge is 0.464 e. The number of carbonyl (C=O) groups is 2. The van der Waals surface area contributed by atoms with E-state index < -0.39 is 23.7 Å². The molecule has 1 aromatic heterocycles. The van der Waals surface area contributed by atoms with Crippen molar-refractivity contribution in [1.29, 1.82) is 0 Å². The van der Waals surface area contributed by atoms with Gasteiger partial charge in [-0.2, -0.15) is 13.2 Å². The summed E-state index contributed by atoms with van der Waals surface area (Å²) < 4.78 is 46.1. The number of pyridine rings is 1. The Morgan fingerprint density at radius 2 is 1.81 bits per heavy atom. The van der Waals surface area contributed by atoms with Gasteiger partial charge in [0, 0.05) is 11.6 Å². The van der Waals surface area contributed by atoms with Crippen LogP contribution in [0.5, 0.6) is 0 Å². The second-order valence-corrected chi connectivity index (χ2v) is 5.99. The second kappa shape index (κ2) is 7.83. The topological polar surface area (TPSA) is 81.6 Å². The molecule has 144 valence electrons. The van der Waals surface area contributed by atoms with E-state index in [1.807, 2.05) is 5.32 Å². The molecule has 0 fully saturated rings. The Morgan fingerprint density at radius 3 is 2.33 bits per heavy atom. The number of benzene rings is 1. The number of methoxy groups -OCH3 is 1. The van der Waals surface area contributed by atoms with Gasteiger partial charge in [-0.05, 0) is 24.6 Å². The van der Waals surface area contributed by atoms with Crippen molar-refractivity contribution in [3.05, 3.63) is 58.7 Å². The summed E-state index contributed by atoms with van der Waals surface area (Å²) in [5.74, 6) is -3.05. The molecule has 0 aliphatic rings. The molecule has 0 saturated carbocycles. The highest BCUT2D eigenvalue weighted by Crippen LogP contribution is 2.32. The van der Waals surface area contributed by atoms with E-state index in [9.17, 15) is 22.8 Å². The van der Waals surface area contributed by atoms with Gasteiger partial charge in [-0.15, -0.1) is 0 Å². The Morgan fingerprint density at radius 1 is 1.15 bits per heavy atom. The lowest BCUT2D eigenvalue weighted by Gasteiger charge is -2.30. The maximum Gasteiger partial charge on any atom is 0.464 e. The molecule has 1 amide bonds. The standard InChI is InChI=1S/C17H15ClF3N3O3/c1-10-5-3-4-6-12(10)14(25)24-16(15(26)27-2,17(19,20)21)23-13-8-7-11(18)9-22-13/h3-9H,1-2H3,(H,22,23)(H,24,25)/p+1/t16-/m1/s1. The Kier molecular flexibility index (Phi) is 5.94. The average molecular weight is 403 g/mol. The minimum absolute atomic E-state index is 0.0167. The van der Waals surface area contributed by atoms with Gasteiger partial charge >= 0.3 is 17.8 Å². The molecule has 3 N–H and O–H groups in total. The number of amides is 1. The highest BCUT2D eigenvalue weighted by molar-refractivity contribution is 6.30. The van der Waals surface area contributed by atoms with Gasteiger partial charge in [0.2, 0.25) is 0 Å². The van der Waals surface area contributed by atoms with Crippen molar-refractivity contribution in [1.82, 2.24) is 5.32 Å². The van der Waals surface area contributed by atoms with Crippen LogP contribution in [0.3, 0.4) is 0 Å². The van der Waals surface area contributed by atoms with E-state index >= 15 is 0 Å². The summed E-state index contributed by atoms with van der Waals surface area (Å²) >= 11 is 5.70. The van der Waals surface area contributed by atoms with E-state index in [1.54, 1.807) is 24.4 Å². The molecular formula is C17H16ClF3N3O3+. The van der Waals surface area contributed by atoms with Gasteiger partial charge in [-0.1, -0.05) is 29.8 Å². The number of ether oxygens (including phenoxy) is 1. The van der Waals surface area contributed by atoms with Crippen LogP contribution in [0.15, 0.2) is 42.6 Å². The normalized spacial score (nSPS) is 13.4. The molecule has 0 saturated heterocycles. The number of rotatable bonds is 5. The van der Waals surface area contributed by atoms with Crippen molar-refractivity contribution in [3.63, 3.8) is 0 Å². The zero-order valence-electron chi connectivity index (χ0n) is 14.3. The van der Waals surface area contributed by atoms with Crippen LogP contribution in [-0.2, 0) is 9.53 Å². The number of hydrogen-bond acceptors (Lipinski definition) is 4. The molecule has 0 unspecified atom stereocenters. The predicted octanol–water partition coefficient (Wildman–Crippen LogP) is 2.74. The lowest BCUT2D eigenvalue weighted by molar-refractivity contribution is -0.362. The number of aromatic nitrogens is 1. The number of esters is 1. The molecule has 0 aliphatic carbocycles. The molecule has 2 rings (SSSR count). The van der Waals surface area contributed by atoms with E-state index in [0.717, 1.165) is 7.11 Å². The van der Waals surface area contributed by atoms with E-state index in [4.69, 9.17) is 11.6 Å². The minimum Gasteiger partial charge on any atom is -0.464 e. The summed E-state index contributed by atoms with van der Waals surface area (Å²) in [5, 5.41) is 3.96. The third kappa shape index (κ3) is 4.30. The van der Waals surface area contributed by atoms with Gasteiger partial charge < -0.3 is 4.74 Å². The zero-order valence-corrected chi connectivity index (χ0v) is 15.0. The van der Waals surface area contributed by atoms with Crippen molar-refractivity contribution >= 4 is 29.3 Å². The molecule has 2 aromatic rings. The van der Waals surface area contributed by atoms with Gasteiger partial charge in [0.1, 0.15) is 6.20 Å². The van der Waals surface area contributed by atoms with Crippen LogP contribution in [-0.4, -0.2) is 30.8 Å². The van der Waals surface area contributed by atoms with Crippen LogP contribution < -0.4 is 15.6 Å². The van der Waals surface area contributed by atoms with E-state index in [0.29, 0.717) is 5.56 Å². The first-order chi connectivity index (χ1) is 12.6. The number of halogens is 4. The fourth-order valence-corrected chi connectivity index (χ4v) is 2.41. The summed E-state index contributed by atoms with van der Waals surface area (Å²) in [6.07, 6.45) is -4.02. The monoisotopic (exact) mass is 402 g/mol. The lowest BCUT2D eigenvalue weighted by atomic mass is 10.1. The SMILES string of the molecule is COC(=O)[C@](NC(=O)c1ccccc1C)(Nc1ccc(Cl)c[nH+]1)C(F)(F)F. The highest BCUT2D eigenvalue weighted by Gasteiger charge is 2.67. The average Bonchev–Trinajstić information content (AvgIpc) is 2.61. The Balaban J connectivity index is 2.50. The number of aryl methyl sites for hydroxylation is 1. The van der Waals surface area contributed by atoms with Gasteiger partial charge in [0.15, 0.2) is 0 Å². The maximum absolute atomic E-state index is 13.9. The number of nitrogens with one attached hydrogen (secondary N) is 3. The summed E-state index contributed by atoms with van der Waals surface area (Å²) in [7, 11) is 0.788. The molecule has 1 atom stereocenters. The fraction of sp³-hybridized carbons (Fsp3) is 0.235. The van der Waals surface area contributed by atoms with Crippen LogP contribution in [0.4, 0.5) is 19.0 Å². The van der Waals surface area contributed by atoms with E-state index in [2.05, 4.69) is 9.72 Å². The second-order valence-electron chi connectivity index (χ2n) is 5.55. The molecule has 0 radical (unpaired) electrons. The van der Waals surface area contributed by atoms with Crippen molar-refractivity contribution < 1.29 is 32.5 Å². The van der Waals surface area contributed by atoms with Gasteiger partial charge in [-0.25, -0.2) is 15.1 Å². The molecular weight excluding hydrogens is 387 g/mol. The number of anilines is 1. The molecule has 0 bridgehead atoms.